The van der Waals surface area contributed by atoms with Crippen LogP contribution in [0.2, 0.25) is 0 Å². The van der Waals surface area contributed by atoms with Crippen LogP contribution in [-0.4, -0.2) is 4.57 Å². The van der Waals surface area contributed by atoms with E-state index in [4.69, 9.17) is 0 Å². The standard InChI is InChI=1S/C52H35N/c1-4-15-38(16-5-1)49-32-33-50(39-17-6-2-7-18-39)53(49)44-30-31-47-48(35-44)52(46-23-13-12-22-45(46)51(47)40-19-8-3-9-20-40)41-27-24-37(25-28-41)43-29-26-36-14-10-11-21-42(36)34-43/h1-35H. The molecule has 1 nitrogen and oxygen atoms in total. The van der Waals surface area contributed by atoms with Gasteiger partial charge in [-0.3, -0.25) is 0 Å². The number of aromatic nitrogens is 1. The summed E-state index contributed by atoms with van der Waals surface area (Å²) in [7, 11) is 0. The van der Waals surface area contributed by atoms with Gasteiger partial charge in [0.25, 0.3) is 0 Å². The molecule has 1 heteroatoms. The summed E-state index contributed by atoms with van der Waals surface area (Å²) in [5.74, 6) is 0. The third kappa shape index (κ3) is 5.42. The lowest BCUT2D eigenvalue weighted by Crippen LogP contribution is -2.00. The van der Waals surface area contributed by atoms with Crippen molar-refractivity contribution in [2.24, 2.45) is 0 Å². The Labute approximate surface area is 309 Å². The lowest BCUT2D eigenvalue weighted by molar-refractivity contribution is 1.10. The molecule has 0 unspecified atom stereocenters. The van der Waals surface area contributed by atoms with Crippen LogP contribution in [0, 0.1) is 0 Å². The first kappa shape index (κ1) is 30.8. The summed E-state index contributed by atoms with van der Waals surface area (Å²) in [4.78, 5) is 0. The number of benzene rings is 9. The smallest absolute Gasteiger partial charge is 0.0535 e. The van der Waals surface area contributed by atoms with Crippen molar-refractivity contribution in [2.45, 2.75) is 0 Å². The van der Waals surface area contributed by atoms with Crippen LogP contribution in [0.15, 0.2) is 212 Å². The fraction of sp³-hybridized carbons (Fsp3) is 0. The lowest BCUT2D eigenvalue weighted by atomic mass is 9.85. The van der Waals surface area contributed by atoms with Crippen molar-refractivity contribution < 1.29 is 0 Å². The minimum Gasteiger partial charge on any atom is -0.309 e. The van der Waals surface area contributed by atoms with Crippen molar-refractivity contribution in [3.05, 3.63) is 212 Å². The highest BCUT2D eigenvalue weighted by Gasteiger charge is 2.20. The second kappa shape index (κ2) is 13.0. The normalized spacial score (nSPS) is 11.4. The molecule has 0 aliphatic carbocycles. The van der Waals surface area contributed by atoms with E-state index in [0.29, 0.717) is 0 Å². The topological polar surface area (TPSA) is 4.93 Å². The summed E-state index contributed by atoms with van der Waals surface area (Å²) in [5.41, 5.74) is 13.2. The van der Waals surface area contributed by atoms with E-state index in [0.717, 1.165) is 17.1 Å². The van der Waals surface area contributed by atoms with Gasteiger partial charge in [0, 0.05) is 5.69 Å². The van der Waals surface area contributed by atoms with Crippen LogP contribution < -0.4 is 0 Å². The average Bonchev–Trinajstić information content (AvgIpc) is 3.69. The Morgan fingerprint density at radius 1 is 0.245 bits per heavy atom. The van der Waals surface area contributed by atoms with Gasteiger partial charge < -0.3 is 4.57 Å². The monoisotopic (exact) mass is 673 g/mol. The maximum Gasteiger partial charge on any atom is 0.0535 e. The Morgan fingerprint density at radius 3 is 1.32 bits per heavy atom. The molecule has 0 radical (unpaired) electrons. The molecule has 1 heterocycles. The van der Waals surface area contributed by atoms with Crippen LogP contribution in [0.3, 0.4) is 0 Å². The first-order chi connectivity index (χ1) is 26.3. The lowest BCUT2D eigenvalue weighted by Gasteiger charge is -2.20. The van der Waals surface area contributed by atoms with Crippen LogP contribution in [0.1, 0.15) is 0 Å². The molecule has 0 saturated heterocycles. The molecular weight excluding hydrogens is 639 g/mol. The minimum atomic E-state index is 1.13. The second-order valence-corrected chi connectivity index (χ2v) is 13.7. The van der Waals surface area contributed by atoms with Gasteiger partial charge in [0.05, 0.1) is 11.4 Å². The van der Waals surface area contributed by atoms with E-state index in [1.807, 2.05) is 0 Å². The van der Waals surface area contributed by atoms with Crippen LogP contribution in [0.5, 0.6) is 0 Å². The molecule has 10 rings (SSSR count). The number of hydrogen-bond donors (Lipinski definition) is 0. The predicted molar refractivity (Wildman–Crippen MR) is 225 cm³/mol. The van der Waals surface area contributed by atoms with E-state index in [2.05, 4.69) is 217 Å². The van der Waals surface area contributed by atoms with E-state index in [1.165, 1.54) is 76.8 Å². The summed E-state index contributed by atoms with van der Waals surface area (Å²) in [5, 5.41) is 7.47. The molecular formula is C52H35N. The van der Waals surface area contributed by atoms with E-state index in [-0.39, 0.29) is 0 Å². The summed E-state index contributed by atoms with van der Waals surface area (Å²) in [6, 6.07) is 77.3. The van der Waals surface area contributed by atoms with Crippen LogP contribution >= 0.6 is 0 Å². The molecule has 0 N–H and O–H groups in total. The average molecular weight is 674 g/mol. The highest BCUT2D eigenvalue weighted by atomic mass is 15.0. The Bertz CT molecular complexity index is 2840. The zero-order valence-corrected chi connectivity index (χ0v) is 29.2. The largest absolute Gasteiger partial charge is 0.309 e. The molecule has 0 aliphatic heterocycles. The van der Waals surface area contributed by atoms with Crippen LogP contribution in [0.4, 0.5) is 0 Å². The van der Waals surface area contributed by atoms with Gasteiger partial charge in [0.15, 0.2) is 0 Å². The molecule has 0 amide bonds. The van der Waals surface area contributed by atoms with Gasteiger partial charge in [-0.2, -0.15) is 0 Å². The summed E-state index contributed by atoms with van der Waals surface area (Å²) < 4.78 is 2.42. The van der Waals surface area contributed by atoms with E-state index in [9.17, 15) is 0 Å². The highest BCUT2D eigenvalue weighted by molar-refractivity contribution is 6.21. The highest BCUT2D eigenvalue weighted by Crippen LogP contribution is 2.45. The zero-order valence-electron chi connectivity index (χ0n) is 29.2. The fourth-order valence-electron chi connectivity index (χ4n) is 8.11. The first-order valence-electron chi connectivity index (χ1n) is 18.3. The number of hydrogen-bond acceptors (Lipinski definition) is 0. The van der Waals surface area contributed by atoms with Crippen molar-refractivity contribution in [2.75, 3.05) is 0 Å². The summed E-state index contributed by atoms with van der Waals surface area (Å²) in [6.45, 7) is 0. The molecule has 0 spiro atoms. The second-order valence-electron chi connectivity index (χ2n) is 13.7. The van der Waals surface area contributed by atoms with Crippen molar-refractivity contribution in [3.8, 4) is 61.6 Å². The van der Waals surface area contributed by atoms with Crippen molar-refractivity contribution >= 4 is 32.3 Å². The maximum atomic E-state index is 2.42. The van der Waals surface area contributed by atoms with E-state index < -0.39 is 0 Å². The molecule has 53 heavy (non-hydrogen) atoms. The molecule has 10 aromatic rings. The van der Waals surface area contributed by atoms with Gasteiger partial charge in [0.1, 0.15) is 0 Å². The molecule has 0 saturated carbocycles. The SMILES string of the molecule is c1ccc(-c2c3ccccc3c(-c3ccc(-c4ccc5ccccc5c4)cc3)c3cc(-n4c(-c5ccccc5)ccc4-c4ccccc4)ccc23)cc1. The van der Waals surface area contributed by atoms with Gasteiger partial charge >= 0.3 is 0 Å². The predicted octanol–water partition coefficient (Wildman–Crippen LogP) is 14.3. The van der Waals surface area contributed by atoms with E-state index >= 15 is 0 Å². The molecule has 0 aliphatic rings. The third-order valence-corrected chi connectivity index (χ3v) is 10.6. The van der Waals surface area contributed by atoms with Crippen molar-refractivity contribution in [1.82, 2.24) is 4.57 Å². The molecule has 0 bridgehead atoms. The quantitative estimate of drug-likeness (QED) is 0.155. The number of nitrogens with zero attached hydrogens (tertiary/aromatic N) is 1. The summed E-state index contributed by atoms with van der Waals surface area (Å²) >= 11 is 0. The van der Waals surface area contributed by atoms with Gasteiger partial charge in [-0.25, -0.2) is 0 Å². The Kier molecular flexibility index (Phi) is 7.55. The van der Waals surface area contributed by atoms with Crippen molar-refractivity contribution in [3.63, 3.8) is 0 Å². The first-order valence-corrected chi connectivity index (χ1v) is 18.3. The van der Waals surface area contributed by atoms with Crippen LogP contribution in [-0.2, 0) is 0 Å². The number of rotatable bonds is 6. The van der Waals surface area contributed by atoms with Crippen LogP contribution in [0.25, 0.3) is 93.9 Å². The fourth-order valence-corrected chi connectivity index (χ4v) is 8.11. The van der Waals surface area contributed by atoms with Crippen molar-refractivity contribution in [1.29, 1.82) is 0 Å². The maximum absolute atomic E-state index is 2.42. The minimum absolute atomic E-state index is 1.13. The molecule has 0 fully saturated rings. The Morgan fingerprint density at radius 2 is 0.698 bits per heavy atom. The summed E-state index contributed by atoms with van der Waals surface area (Å²) in [6.07, 6.45) is 0. The van der Waals surface area contributed by atoms with Gasteiger partial charge in [-0.15, -0.1) is 0 Å². The molecule has 9 aromatic carbocycles. The Hall–Kier alpha value is -6.96. The third-order valence-electron chi connectivity index (χ3n) is 10.6. The molecule has 248 valence electrons. The Balaban J connectivity index is 1.24. The van der Waals surface area contributed by atoms with Gasteiger partial charge in [-0.1, -0.05) is 182 Å². The zero-order chi connectivity index (χ0) is 35.1. The molecule has 0 atom stereocenters. The number of fused-ring (bicyclic) bond motifs is 3. The van der Waals surface area contributed by atoms with Gasteiger partial charge in [0.2, 0.25) is 0 Å². The van der Waals surface area contributed by atoms with Gasteiger partial charge in [-0.05, 0) is 107 Å². The molecule has 1 aromatic heterocycles. The van der Waals surface area contributed by atoms with E-state index in [1.54, 1.807) is 0 Å².